The molecular weight excluding hydrogens is 476 g/mol. The van der Waals surface area contributed by atoms with E-state index in [2.05, 4.69) is 30.6 Å². The number of amides is 1. The van der Waals surface area contributed by atoms with Crippen molar-refractivity contribution < 1.29 is 23.9 Å². The third-order valence-electron chi connectivity index (χ3n) is 4.56. The highest BCUT2D eigenvalue weighted by molar-refractivity contribution is 8.00. The van der Waals surface area contributed by atoms with Crippen molar-refractivity contribution in [3.63, 3.8) is 0 Å². The number of rotatable bonds is 14. The predicted octanol–water partition coefficient (Wildman–Crippen LogP) is 2.54. The second-order valence-corrected chi connectivity index (χ2v) is 10.9. The molecule has 31 heavy (non-hydrogen) atoms. The Hall–Kier alpha value is -0.880. The molecule has 3 unspecified atom stereocenters. The lowest BCUT2D eigenvalue weighted by Gasteiger charge is -2.33. The summed E-state index contributed by atoms with van der Waals surface area (Å²) in [6.45, 7) is 2.87. The first-order valence-corrected chi connectivity index (χ1v) is 13.2. The average molecular weight is 509 g/mol. The van der Waals surface area contributed by atoms with Gasteiger partial charge < -0.3 is 20.5 Å². The molecule has 0 saturated heterocycles. The molecule has 3 atom stereocenters. The predicted molar refractivity (Wildman–Crippen MR) is 133 cm³/mol. The van der Waals surface area contributed by atoms with Crippen molar-refractivity contribution in [3.8, 4) is 0 Å². The number of thioether (sulfide) groups is 1. The molecule has 0 saturated carbocycles. The van der Waals surface area contributed by atoms with Crippen molar-refractivity contribution in [1.29, 1.82) is 0 Å². The second-order valence-electron chi connectivity index (χ2n) is 7.15. The van der Waals surface area contributed by atoms with E-state index in [0.717, 1.165) is 17.7 Å². The number of ether oxygens (including phenoxy) is 2. The fourth-order valence-corrected chi connectivity index (χ4v) is 4.66. The van der Waals surface area contributed by atoms with Crippen LogP contribution in [-0.4, -0.2) is 59.2 Å². The molecule has 0 aromatic carbocycles. The molecule has 1 rings (SSSR count). The molecule has 0 aliphatic heterocycles. The largest absolute Gasteiger partial charge is 0.463 e. The van der Waals surface area contributed by atoms with Gasteiger partial charge in [0.05, 0.1) is 10.7 Å². The van der Waals surface area contributed by atoms with Crippen LogP contribution in [0, 0.1) is 5.92 Å². The molecular formula is C20H32N2O5S4. The van der Waals surface area contributed by atoms with E-state index in [1.807, 2.05) is 23.1 Å². The first kappa shape index (κ1) is 28.2. The quantitative estimate of drug-likeness (QED) is 0.174. The average Bonchev–Trinajstić information content (AvgIpc) is 3.22. The Morgan fingerprint density at radius 1 is 1.32 bits per heavy atom. The summed E-state index contributed by atoms with van der Waals surface area (Å²) in [6.07, 6.45) is 3.51. The van der Waals surface area contributed by atoms with E-state index in [9.17, 15) is 14.4 Å². The first-order chi connectivity index (χ1) is 14.6. The van der Waals surface area contributed by atoms with Crippen molar-refractivity contribution in [2.24, 2.45) is 11.7 Å². The molecule has 7 nitrogen and oxygen atoms in total. The molecule has 176 valence electrons. The molecule has 0 aliphatic carbocycles. The van der Waals surface area contributed by atoms with E-state index < -0.39 is 34.6 Å². The zero-order valence-corrected chi connectivity index (χ0v) is 21.5. The number of hydrogen-bond donors (Lipinski definition) is 4. The number of thiophene rings is 1. The maximum Gasteiger partial charge on any atom is 0.344 e. The van der Waals surface area contributed by atoms with Gasteiger partial charge in [0, 0.05) is 12.0 Å². The van der Waals surface area contributed by atoms with Crippen LogP contribution < -0.4 is 11.1 Å². The van der Waals surface area contributed by atoms with Crippen molar-refractivity contribution in [3.05, 3.63) is 22.4 Å². The van der Waals surface area contributed by atoms with Crippen LogP contribution >= 0.6 is 48.4 Å². The van der Waals surface area contributed by atoms with Crippen molar-refractivity contribution in [1.82, 2.24) is 5.32 Å². The lowest BCUT2D eigenvalue weighted by atomic mass is 9.91. The normalized spacial score (nSPS) is 14.4. The summed E-state index contributed by atoms with van der Waals surface area (Å²) in [6, 6.07) is 0.719. The highest BCUT2D eigenvalue weighted by Crippen LogP contribution is 2.34. The van der Waals surface area contributed by atoms with E-state index in [1.54, 1.807) is 30.0 Å². The van der Waals surface area contributed by atoms with Gasteiger partial charge in [0.25, 0.3) is 0 Å². The number of carbonyl (C=O) groups excluding carboxylic acids is 3. The Labute approximate surface area is 203 Å². The summed E-state index contributed by atoms with van der Waals surface area (Å²) >= 11 is 12.5. The van der Waals surface area contributed by atoms with Crippen molar-refractivity contribution in [2.45, 2.75) is 49.3 Å². The Bertz CT molecular complexity index is 700. The molecule has 0 bridgehead atoms. The highest BCUT2D eigenvalue weighted by Gasteiger charge is 2.35. The Balaban J connectivity index is 2.79. The van der Waals surface area contributed by atoms with Crippen LogP contribution in [0.1, 0.15) is 32.3 Å². The number of esters is 2. The van der Waals surface area contributed by atoms with E-state index in [4.69, 9.17) is 15.2 Å². The molecule has 1 heterocycles. The number of carbonyl (C=O) groups is 3. The molecule has 1 aromatic rings. The molecule has 1 amide bonds. The zero-order valence-electron chi connectivity index (χ0n) is 18.0. The van der Waals surface area contributed by atoms with Crippen LogP contribution in [0.2, 0.25) is 0 Å². The van der Waals surface area contributed by atoms with Crippen LogP contribution in [0.5, 0.6) is 0 Å². The SMILES string of the molecule is CCOC(=O)COC(=O)C(C)NC(=O)C(Cc1ccsc1)CC(S)(S)C(N)CCSC. The fraction of sp³-hybridized carbons (Fsp3) is 0.650. The smallest absolute Gasteiger partial charge is 0.344 e. The topological polar surface area (TPSA) is 108 Å². The first-order valence-electron chi connectivity index (χ1n) is 9.93. The number of hydrogen-bond acceptors (Lipinski definition) is 10. The standard InChI is InChI=1S/C20H32N2O5S4/c1-4-26-17(23)11-27-19(25)13(2)22-18(24)15(9-14-5-8-31-12-14)10-20(28,29)16(21)6-7-30-3/h5,8,12-13,15-16,28-29H,4,6-7,9-11,21H2,1-3H3,(H,22,24). The van der Waals surface area contributed by atoms with Crippen LogP contribution in [0.4, 0.5) is 0 Å². The monoisotopic (exact) mass is 508 g/mol. The minimum atomic E-state index is -0.925. The van der Waals surface area contributed by atoms with Crippen LogP contribution in [0.15, 0.2) is 16.8 Å². The summed E-state index contributed by atoms with van der Waals surface area (Å²) in [5.74, 6) is -1.30. The maximum absolute atomic E-state index is 13.0. The van der Waals surface area contributed by atoms with Crippen molar-refractivity contribution >= 4 is 66.2 Å². The van der Waals surface area contributed by atoms with Crippen LogP contribution in [0.25, 0.3) is 0 Å². The molecule has 0 fully saturated rings. The van der Waals surface area contributed by atoms with Gasteiger partial charge in [-0.15, -0.1) is 0 Å². The van der Waals surface area contributed by atoms with Crippen molar-refractivity contribution in [2.75, 3.05) is 25.2 Å². The third-order valence-corrected chi connectivity index (χ3v) is 6.96. The zero-order chi connectivity index (χ0) is 23.4. The summed E-state index contributed by atoms with van der Waals surface area (Å²) in [4.78, 5) is 36.5. The minimum absolute atomic E-state index is 0.196. The summed E-state index contributed by atoms with van der Waals surface area (Å²) in [5.41, 5.74) is 7.30. The second kappa shape index (κ2) is 14.3. The van der Waals surface area contributed by atoms with Gasteiger partial charge in [-0.1, -0.05) is 0 Å². The molecule has 11 heteroatoms. The summed E-state index contributed by atoms with van der Waals surface area (Å²) in [7, 11) is 0. The van der Waals surface area contributed by atoms with Gasteiger partial charge in [0.2, 0.25) is 5.91 Å². The molecule has 0 radical (unpaired) electrons. The molecule has 1 aromatic heterocycles. The van der Waals surface area contributed by atoms with Gasteiger partial charge in [0.1, 0.15) is 6.04 Å². The van der Waals surface area contributed by atoms with E-state index >= 15 is 0 Å². The minimum Gasteiger partial charge on any atom is -0.463 e. The van der Waals surface area contributed by atoms with E-state index in [-0.39, 0.29) is 18.6 Å². The summed E-state index contributed by atoms with van der Waals surface area (Å²) in [5, 5.41) is 6.60. The highest BCUT2D eigenvalue weighted by atomic mass is 32.2. The number of thiol groups is 2. The van der Waals surface area contributed by atoms with Gasteiger partial charge in [-0.25, -0.2) is 9.59 Å². The summed E-state index contributed by atoms with van der Waals surface area (Å²) < 4.78 is 8.77. The fourth-order valence-electron chi connectivity index (χ4n) is 2.79. The van der Waals surface area contributed by atoms with Gasteiger partial charge in [-0.05, 0) is 67.5 Å². The Morgan fingerprint density at radius 2 is 2.03 bits per heavy atom. The number of nitrogens with two attached hydrogens (primary N) is 1. The van der Waals surface area contributed by atoms with E-state index in [0.29, 0.717) is 12.8 Å². The number of nitrogens with one attached hydrogen (secondary N) is 1. The van der Waals surface area contributed by atoms with Crippen LogP contribution in [0.3, 0.4) is 0 Å². The van der Waals surface area contributed by atoms with Gasteiger partial charge >= 0.3 is 11.9 Å². The molecule has 3 N–H and O–H groups in total. The molecule has 0 aliphatic rings. The Kier molecular flexibility index (Phi) is 13.0. The van der Waals surface area contributed by atoms with Crippen LogP contribution in [-0.2, 0) is 30.3 Å². The van der Waals surface area contributed by atoms with E-state index in [1.165, 1.54) is 6.92 Å². The lowest BCUT2D eigenvalue weighted by molar-refractivity contribution is -0.159. The van der Waals surface area contributed by atoms with Gasteiger partial charge in [-0.3, -0.25) is 4.79 Å². The van der Waals surface area contributed by atoms with Gasteiger partial charge in [0.15, 0.2) is 6.61 Å². The Morgan fingerprint density at radius 3 is 2.61 bits per heavy atom. The third kappa shape index (κ3) is 10.5. The lowest BCUT2D eigenvalue weighted by Crippen LogP contribution is -2.47. The van der Waals surface area contributed by atoms with Gasteiger partial charge in [-0.2, -0.15) is 48.4 Å². The maximum atomic E-state index is 13.0. The molecule has 0 spiro atoms.